The lowest BCUT2D eigenvalue weighted by molar-refractivity contribution is -0.122. The van der Waals surface area contributed by atoms with Gasteiger partial charge in [-0.1, -0.05) is 18.2 Å². The maximum absolute atomic E-state index is 12.0. The molecule has 0 radical (unpaired) electrons. The summed E-state index contributed by atoms with van der Waals surface area (Å²) in [6.07, 6.45) is 2.13. The number of hydrogen-bond acceptors (Lipinski definition) is 4. The molecule has 2 rings (SSSR count). The summed E-state index contributed by atoms with van der Waals surface area (Å²) in [4.78, 5) is 14.1. The van der Waals surface area contributed by atoms with Gasteiger partial charge >= 0.3 is 0 Å². The first-order valence-electron chi connectivity index (χ1n) is 7.05. The summed E-state index contributed by atoms with van der Waals surface area (Å²) in [5.41, 5.74) is 6.90. The standard InChI is InChI=1S/C15H23N3O2/c1-20-14-7-3-2-5-12(14)9-17-15(19)11-18-8-4-6-13(16)10-18/h2-3,5,7,13H,4,6,8-11,16H2,1H3,(H,17,19). The van der Waals surface area contributed by atoms with E-state index in [-0.39, 0.29) is 11.9 Å². The fourth-order valence-corrected chi connectivity index (χ4v) is 2.54. The highest BCUT2D eigenvalue weighted by Gasteiger charge is 2.18. The number of likely N-dealkylation sites (tertiary alicyclic amines) is 1. The Balaban J connectivity index is 1.80. The topological polar surface area (TPSA) is 67.6 Å². The number of nitrogens with two attached hydrogens (primary N) is 1. The maximum Gasteiger partial charge on any atom is 0.234 e. The summed E-state index contributed by atoms with van der Waals surface area (Å²) < 4.78 is 5.26. The second-order valence-electron chi connectivity index (χ2n) is 5.23. The van der Waals surface area contributed by atoms with Crippen molar-refractivity contribution in [3.8, 4) is 5.75 Å². The number of para-hydroxylation sites is 1. The highest BCUT2D eigenvalue weighted by molar-refractivity contribution is 5.78. The van der Waals surface area contributed by atoms with Crippen molar-refractivity contribution in [3.63, 3.8) is 0 Å². The second kappa shape index (κ2) is 7.26. The summed E-state index contributed by atoms with van der Waals surface area (Å²) in [5.74, 6) is 0.831. The third kappa shape index (κ3) is 4.21. The summed E-state index contributed by atoms with van der Waals surface area (Å²) in [5, 5.41) is 2.93. The van der Waals surface area contributed by atoms with Crippen LogP contribution >= 0.6 is 0 Å². The number of methoxy groups -OCH3 is 1. The van der Waals surface area contributed by atoms with E-state index in [0.29, 0.717) is 13.1 Å². The number of piperidine rings is 1. The van der Waals surface area contributed by atoms with E-state index in [2.05, 4.69) is 10.2 Å². The highest BCUT2D eigenvalue weighted by atomic mass is 16.5. The van der Waals surface area contributed by atoms with Crippen LogP contribution in [0.25, 0.3) is 0 Å². The van der Waals surface area contributed by atoms with E-state index in [9.17, 15) is 4.79 Å². The number of benzene rings is 1. The monoisotopic (exact) mass is 277 g/mol. The van der Waals surface area contributed by atoms with Crippen molar-refractivity contribution in [2.75, 3.05) is 26.7 Å². The normalized spacial score (nSPS) is 19.6. The minimum Gasteiger partial charge on any atom is -0.496 e. The molecule has 1 aliphatic rings. The summed E-state index contributed by atoms with van der Waals surface area (Å²) in [7, 11) is 1.63. The zero-order chi connectivity index (χ0) is 14.4. The molecule has 1 heterocycles. The van der Waals surface area contributed by atoms with Crippen LogP contribution in [0.2, 0.25) is 0 Å². The molecule has 1 unspecified atom stereocenters. The minimum absolute atomic E-state index is 0.0324. The zero-order valence-corrected chi connectivity index (χ0v) is 12.0. The Hall–Kier alpha value is -1.59. The molecule has 1 saturated heterocycles. The van der Waals surface area contributed by atoms with Gasteiger partial charge in [-0.25, -0.2) is 0 Å². The minimum atomic E-state index is 0.0324. The van der Waals surface area contributed by atoms with Crippen molar-refractivity contribution in [1.82, 2.24) is 10.2 Å². The van der Waals surface area contributed by atoms with Gasteiger partial charge in [0.25, 0.3) is 0 Å². The first-order chi connectivity index (χ1) is 9.69. The Labute approximate surface area is 120 Å². The number of ether oxygens (including phenoxy) is 1. The molecule has 5 heteroatoms. The summed E-state index contributed by atoms with van der Waals surface area (Å²) in [6.45, 7) is 2.67. The number of nitrogens with one attached hydrogen (secondary N) is 1. The SMILES string of the molecule is COc1ccccc1CNC(=O)CN1CCCC(N)C1. The Morgan fingerprint density at radius 1 is 1.50 bits per heavy atom. The van der Waals surface area contributed by atoms with Gasteiger partial charge in [0.2, 0.25) is 5.91 Å². The molecule has 1 fully saturated rings. The lowest BCUT2D eigenvalue weighted by Crippen LogP contribution is -2.46. The molecule has 1 aromatic rings. The summed E-state index contributed by atoms with van der Waals surface area (Å²) in [6, 6.07) is 7.90. The Morgan fingerprint density at radius 2 is 2.30 bits per heavy atom. The fraction of sp³-hybridized carbons (Fsp3) is 0.533. The second-order valence-corrected chi connectivity index (χ2v) is 5.23. The predicted molar refractivity (Wildman–Crippen MR) is 78.5 cm³/mol. The Morgan fingerprint density at radius 3 is 3.05 bits per heavy atom. The maximum atomic E-state index is 12.0. The average Bonchev–Trinajstić information content (AvgIpc) is 2.45. The van der Waals surface area contributed by atoms with Crippen molar-refractivity contribution in [3.05, 3.63) is 29.8 Å². The molecule has 0 spiro atoms. The third-order valence-corrected chi connectivity index (χ3v) is 3.58. The molecular formula is C15H23N3O2. The van der Waals surface area contributed by atoms with Gasteiger partial charge in [0, 0.05) is 24.7 Å². The number of hydrogen-bond donors (Lipinski definition) is 2. The van der Waals surface area contributed by atoms with Crippen molar-refractivity contribution in [1.29, 1.82) is 0 Å². The van der Waals surface area contributed by atoms with Crippen LogP contribution in [0, 0.1) is 0 Å². The average molecular weight is 277 g/mol. The fourth-order valence-electron chi connectivity index (χ4n) is 2.54. The van der Waals surface area contributed by atoms with Crippen LogP contribution in [0.15, 0.2) is 24.3 Å². The molecule has 0 aliphatic carbocycles. The van der Waals surface area contributed by atoms with Crippen LogP contribution in [-0.2, 0) is 11.3 Å². The quantitative estimate of drug-likeness (QED) is 0.833. The van der Waals surface area contributed by atoms with Gasteiger partial charge in [-0.2, -0.15) is 0 Å². The molecule has 0 aromatic heterocycles. The van der Waals surface area contributed by atoms with Crippen molar-refractivity contribution >= 4 is 5.91 Å². The highest BCUT2D eigenvalue weighted by Crippen LogP contribution is 2.16. The number of carbonyl (C=O) groups is 1. The van der Waals surface area contributed by atoms with E-state index < -0.39 is 0 Å². The third-order valence-electron chi connectivity index (χ3n) is 3.58. The van der Waals surface area contributed by atoms with Crippen molar-refractivity contribution in [2.24, 2.45) is 5.73 Å². The largest absolute Gasteiger partial charge is 0.496 e. The van der Waals surface area contributed by atoms with Crippen molar-refractivity contribution in [2.45, 2.75) is 25.4 Å². The van der Waals surface area contributed by atoms with E-state index >= 15 is 0 Å². The van der Waals surface area contributed by atoms with Crippen LogP contribution in [-0.4, -0.2) is 43.6 Å². The molecular weight excluding hydrogens is 254 g/mol. The van der Waals surface area contributed by atoms with Gasteiger partial charge in [-0.15, -0.1) is 0 Å². The molecule has 5 nitrogen and oxygen atoms in total. The zero-order valence-electron chi connectivity index (χ0n) is 12.0. The molecule has 1 aliphatic heterocycles. The van der Waals surface area contributed by atoms with Gasteiger partial charge in [-0.05, 0) is 25.5 Å². The van der Waals surface area contributed by atoms with Gasteiger partial charge in [0.1, 0.15) is 5.75 Å². The van der Waals surface area contributed by atoms with Gasteiger partial charge in [0.15, 0.2) is 0 Å². The van der Waals surface area contributed by atoms with E-state index in [1.165, 1.54) is 0 Å². The molecule has 3 N–H and O–H groups in total. The summed E-state index contributed by atoms with van der Waals surface area (Å²) >= 11 is 0. The van der Waals surface area contributed by atoms with Crippen LogP contribution in [0.1, 0.15) is 18.4 Å². The lowest BCUT2D eigenvalue weighted by atomic mass is 10.1. The van der Waals surface area contributed by atoms with E-state index in [0.717, 1.165) is 37.2 Å². The number of carbonyl (C=O) groups excluding carboxylic acids is 1. The van der Waals surface area contributed by atoms with Gasteiger partial charge in [-0.3, -0.25) is 9.69 Å². The number of amides is 1. The lowest BCUT2D eigenvalue weighted by Gasteiger charge is -2.29. The molecule has 1 atom stereocenters. The molecule has 20 heavy (non-hydrogen) atoms. The number of nitrogens with zero attached hydrogens (tertiary/aromatic N) is 1. The van der Waals surface area contributed by atoms with Crippen LogP contribution in [0.5, 0.6) is 5.75 Å². The molecule has 0 bridgehead atoms. The molecule has 110 valence electrons. The molecule has 1 aromatic carbocycles. The molecule has 0 saturated carbocycles. The van der Waals surface area contributed by atoms with E-state index in [1.54, 1.807) is 7.11 Å². The van der Waals surface area contributed by atoms with Gasteiger partial charge < -0.3 is 15.8 Å². The number of rotatable bonds is 5. The van der Waals surface area contributed by atoms with Crippen molar-refractivity contribution < 1.29 is 9.53 Å². The van der Waals surface area contributed by atoms with Gasteiger partial charge in [0.05, 0.1) is 13.7 Å². The Bertz CT molecular complexity index is 450. The van der Waals surface area contributed by atoms with Crippen LogP contribution in [0.3, 0.4) is 0 Å². The first kappa shape index (κ1) is 14.8. The van der Waals surface area contributed by atoms with E-state index in [1.807, 2.05) is 24.3 Å². The smallest absolute Gasteiger partial charge is 0.234 e. The van der Waals surface area contributed by atoms with Crippen LogP contribution in [0.4, 0.5) is 0 Å². The Kier molecular flexibility index (Phi) is 5.38. The predicted octanol–water partition coefficient (Wildman–Crippen LogP) is 0.735. The van der Waals surface area contributed by atoms with E-state index in [4.69, 9.17) is 10.5 Å². The molecule has 1 amide bonds. The first-order valence-corrected chi connectivity index (χ1v) is 7.05. The van der Waals surface area contributed by atoms with Crippen LogP contribution < -0.4 is 15.8 Å².